The summed E-state index contributed by atoms with van der Waals surface area (Å²) in [7, 11) is 0. The second-order valence-corrected chi connectivity index (χ2v) is 3.67. The van der Waals surface area contributed by atoms with E-state index >= 15 is 0 Å². The van der Waals surface area contributed by atoms with E-state index in [9.17, 15) is 35.9 Å². The lowest BCUT2D eigenvalue weighted by atomic mass is 10.3. The highest BCUT2D eigenvalue weighted by Crippen LogP contribution is 2.20. The number of carbonyl (C=O) groups is 2. The fraction of sp³-hybridized carbons (Fsp3) is 0.800. The van der Waals surface area contributed by atoms with E-state index in [2.05, 4.69) is 9.47 Å². The van der Waals surface area contributed by atoms with Gasteiger partial charge in [-0.2, -0.15) is 26.3 Å². The molecule has 0 saturated heterocycles. The molecule has 0 aromatic carbocycles. The first kappa shape index (κ1) is 18.5. The summed E-state index contributed by atoms with van der Waals surface area (Å²) in [6.07, 6.45) is -12.7. The normalized spacial score (nSPS) is 12.1. The second kappa shape index (κ2) is 7.95. The van der Waals surface area contributed by atoms with E-state index in [0.29, 0.717) is 0 Å². The van der Waals surface area contributed by atoms with Gasteiger partial charge in [0.1, 0.15) is 0 Å². The Labute approximate surface area is 110 Å². The second-order valence-electron chi connectivity index (χ2n) is 3.67. The van der Waals surface area contributed by atoms with Crippen LogP contribution in [-0.4, -0.2) is 37.5 Å². The Morgan fingerprint density at radius 3 is 1.25 bits per heavy atom. The summed E-state index contributed by atoms with van der Waals surface area (Å²) >= 11 is 0. The SMILES string of the molecule is O=C(CCC(=O)OCCC(F)(F)F)OCCC(F)(F)F. The van der Waals surface area contributed by atoms with Gasteiger partial charge in [0.15, 0.2) is 0 Å². The average Bonchev–Trinajstić information content (AvgIpc) is 2.22. The molecule has 0 aliphatic carbocycles. The van der Waals surface area contributed by atoms with E-state index in [1.165, 1.54) is 0 Å². The van der Waals surface area contributed by atoms with Crippen LogP contribution < -0.4 is 0 Å². The standard InChI is InChI=1S/C10H12F6O4/c11-9(12,13)3-5-19-7(17)1-2-8(18)20-6-4-10(14,15)16/h1-6H2. The lowest BCUT2D eigenvalue weighted by Crippen LogP contribution is -2.17. The van der Waals surface area contributed by atoms with Gasteiger partial charge in [-0.25, -0.2) is 0 Å². The van der Waals surface area contributed by atoms with Crippen molar-refractivity contribution in [2.45, 2.75) is 38.0 Å². The highest BCUT2D eigenvalue weighted by Gasteiger charge is 2.28. The quantitative estimate of drug-likeness (QED) is 0.536. The van der Waals surface area contributed by atoms with E-state index in [1.807, 2.05) is 0 Å². The Balaban J connectivity index is 3.66. The number of ether oxygens (including phenoxy) is 2. The topological polar surface area (TPSA) is 52.6 Å². The summed E-state index contributed by atoms with van der Waals surface area (Å²) in [4.78, 5) is 21.8. The molecule has 0 aromatic heterocycles. The molecular formula is C10H12F6O4. The summed E-state index contributed by atoms with van der Waals surface area (Å²) < 4.78 is 78.6. The van der Waals surface area contributed by atoms with Gasteiger partial charge in [-0.05, 0) is 0 Å². The lowest BCUT2D eigenvalue weighted by Gasteiger charge is -2.08. The minimum atomic E-state index is -4.46. The molecule has 0 amide bonds. The van der Waals surface area contributed by atoms with Gasteiger partial charge in [-0.3, -0.25) is 9.59 Å². The smallest absolute Gasteiger partial charge is 0.392 e. The zero-order valence-electron chi connectivity index (χ0n) is 10.1. The Hall–Kier alpha value is -1.48. The molecule has 0 aliphatic rings. The van der Waals surface area contributed by atoms with Crippen molar-refractivity contribution >= 4 is 11.9 Å². The van der Waals surface area contributed by atoms with Crippen molar-refractivity contribution in [3.05, 3.63) is 0 Å². The molecule has 0 bridgehead atoms. The summed E-state index contributed by atoms with van der Waals surface area (Å²) in [5.41, 5.74) is 0. The van der Waals surface area contributed by atoms with Crippen molar-refractivity contribution in [2.75, 3.05) is 13.2 Å². The number of halogens is 6. The van der Waals surface area contributed by atoms with Crippen LogP contribution in [0.1, 0.15) is 25.7 Å². The van der Waals surface area contributed by atoms with E-state index < -0.39 is 63.2 Å². The first-order valence-corrected chi connectivity index (χ1v) is 5.44. The Kier molecular flexibility index (Phi) is 7.36. The Bertz CT molecular complexity index is 291. The number of carbonyl (C=O) groups excluding carboxylic acids is 2. The Morgan fingerprint density at radius 1 is 0.700 bits per heavy atom. The van der Waals surface area contributed by atoms with Gasteiger partial charge in [0.2, 0.25) is 0 Å². The van der Waals surface area contributed by atoms with Gasteiger partial charge in [0.05, 0.1) is 38.9 Å². The molecule has 0 unspecified atom stereocenters. The predicted molar refractivity (Wildman–Crippen MR) is 52.5 cm³/mol. The first-order chi connectivity index (χ1) is 8.99. The molecule has 118 valence electrons. The van der Waals surface area contributed by atoms with Crippen LogP contribution in [0.4, 0.5) is 26.3 Å². The Morgan fingerprint density at radius 2 is 1.00 bits per heavy atom. The number of esters is 2. The van der Waals surface area contributed by atoms with Gasteiger partial charge in [-0.15, -0.1) is 0 Å². The molecule has 0 fully saturated rings. The van der Waals surface area contributed by atoms with Crippen LogP contribution in [0.5, 0.6) is 0 Å². The molecule has 0 aromatic rings. The van der Waals surface area contributed by atoms with Gasteiger partial charge < -0.3 is 9.47 Å². The molecular weight excluding hydrogens is 298 g/mol. The van der Waals surface area contributed by atoms with Crippen LogP contribution >= 0.6 is 0 Å². The van der Waals surface area contributed by atoms with Crippen molar-refractivity contribution in [3.63, 3.8) is 0 Å². The summed E-state index contributed by atoms with van der Waals surface area (Å²) in [5.74, 6) is -2.11. The molecule has 0 rings (SSSR count). The lowest BCUT2D eigenvalue weighted by molar-refractivity contribution is -0.164. The molecule has 0 saturated carbocycles. The number of rotatable bonds is 7. The third-order valence-corrected chi connectivity index (χ3v) is 1.83. The summed E-state index contributed by atoms with van der Waals surface area (Å²) in [6, 6.07) is 0. The molecule has 0 radical (unpaired) electrons. The van der Waals surface area contributed by atoms with Crippen LogP contribution in [0.25, 0.3) is 0 Å². The summed E-state index contributed by atoms with van der Waals surface area (Å²) in [5, 5.41) is 0. The van der Waals surface area contributed by atoms with Crippen molar-refractivity contribution in [1.82, 2.24) is 0 Å². The maximum Gasteiger partial charge on any atom is 0.392 e. The molecule has 20 heavy (non-hydrogen) atoms. The van der Waals surface area contributed by atoms with E-state index in [4.69, 9.17) is 0 Å². The zero-order valence-corrected chi connectivity index (χ0v) is 10.1. The molecule has 0 N–H and O–H groups in total. The third kappa shape index (κ3) is 13.0. The van der Waals surface area contributed by atoms with Crippen molar-refractivity contribution in [1.29, 1.82) is 0 Å². The van der Waals surface area contributed by atoms with E-state index in [1.54, 1.807) is 0 Å². The van der Waals surface area contributed by atoms with Crippen LogP contribution in [0, 0.1) is 0 Å². The highest BCUT2D eigenvalue weighted by molar-refractivity contribution is 5.77. The van der Waals surface area contributed by atoms with Crippen LogP contribution in [0.3, 0.4) is 0 Å². The summed E-state index contributed by atoms with van der Waals surface area (Å²) in [6.45, 7) is -1.74. The van der Waals surface area contributed by atoms with Gasteiger partial charge >= 0.3 is 24.3 Å². The maximum absolute atomic E-state index is 11.7. The molecule has 0 spiro atoms. The van der Waals surface area contributed by atoms with Gasteiger partial charge in [0.25, 0.3) is 0 Å². The maximum atomic E-state index is 11.7. The van der Waals surface area contributed by atoms with E-state index in [0.717, 1.165) is 0 Å². The van der Waals surface area contributed by atoms with Crippen LogP contribution in [0.2, 0.25) is 0 Å². The molecule has 10 heteroatoms. The van der Waals surface area contributed by atoms with Crippen molar-refractivity contribution < 1.29 is 45.4 Å². The molecule has 0 heterocycles. The minimum absolute atomic E-state index is 0.553. The van der Waals surface area contributed by atoms with Gasteiger partial charge in [0, 0.05) is 0 Å². The number of hydrogen-bond donors (Lipinski definition) is 0. The fourth-order valence-electron chi connectivity index (χ4n) is 0.910. The van der Waals surface area contributed by atoms with Crippen molar-refractivity contribution in [3.8, 4) is 0 Å². The first-order valence-electron chi connectivity index (χ1n) is 5.44. The largest absolute Gasteiger partial charge is 0.465 e. The minimum Gasteiger partial charge on any atom is -0.465 e. The monoisotopic (exact) mass is 310 g/mol. The van der Waals surface area contributed by atoms with E-state index in [-0.39, 0.29) is 0 Å². The van der Waals surface area contributed by atoms with Crippen LogP contribution in [0.15, 0.2) is 0 Å². The van der Waals surface area contributed by atoms with Crippen molar-refractivity contribution in [2.24, 2.45) is 0 Å². The number of alkyl halides is 6. The fourth-order valence-corrected chi connectivity index (χ4v) is 0.910. The van der Waals surface area contributed by atoms with Crippen LogP contribution in [-0.2, 0) is 19.1 Å². The third-order valence-electron chi connectivity index (χ3n) is 1.83. The number of hydrogen-bond acceptors (Lipinski definition) is 4. The van der Waals surface area contributed by atoms with Gasteiger partial charge in [-0.1, -0.05) is 0 Å². The molecule has 4 nitrogen and oxygen atoms in total. The molecule has 0 aliphatic heterocycles. The molecule has 0 atom stereocenters. The zero-order chi connectivity index (χ0) is 15.8. The highest BCUT2D eigenvalue weighted by atomic mass is 19.4. The predicted octanol–water partition coefficient (Wildman–Crippen LogP) is 2.76. The average molecular weight is 310 g/mol.